The molecule has 72 valence electrons. The molecule has 1 aromatic heterocycles. The third-order valence-corrected chi connectivity index (χ3v) is 2.04. The zero-order valence-electron chi connectivity index (χ0n) is 7.50. The molecule has 0 aliphatic rings. The fourth-order valence-corrected chi connectivity index (χ4v) is 1.29. The van der Waals surface area contributed by atoms with Gasteiger partial charge in [-0.3, -0.25) is 4.79 Å². The summed E-state index contributed by atoms with van der Waals surface area (Å²) in [5.41, 5.74) is -0.515. The number of hydrogen-bond donors (Lipinski definition) is 1. The lowest BCUT2D eigenvalue weighted by atomic mass is 9.87. The van der Waals surface area contributed by atoms with E-state index in [-0.39, 0.29) is 11.6 Å². The Bertz CT molecular complexity index is 314. The number of halogens is 1. The van der Waals surface area contributed by atoms with E-state index in [1.54, 1.807) is 26.0 Å². The van der Waals surface area contributed by atoms with Crippen LogP contribution >= 0.6 is 11.6 Å². The van der Waals surface area contributed by atoms with Gasteiger partial charge in [-0.2, -0.15) is 0 Å². The van der Waals surface area contributed by atoms with Crippen molar-refractivity contribution in [3.63, 3.8) is 0 Å². The molecule has 0 bridgehead atoms. The molecule has 0 radical (unpaired) electrons. The lowest BCUT2D eigenvalue weighted by Gasteiger charge is -2.18. The van der Waals surface area contributed by atoms with E-state index in [1.807, 2.05) is 0 Å². The number of hydrogen-bond acceptors (Lipinski definition) is 2. The molecular weight excluding hydrogens is 192 g/mol. The summed E-state index contributed by atoms with van der Waals surface area (Å²) in [6, 6.07) is 3.31. The molecule has 0 spiro atoms. The van der Waals surface area contributed by atoms with Crippen molar-refractivity contribution in [2.45, 2.75) is 25.7 Å². The van der Waals surface area contributed by atoms with Gasteiger partial charge in [0.25, 0.3) is 0 Å². The smallest absolute Gasteiger partial charge is 0.304 e. The second-order valence-electron chi connectivity index (χ2n) is 3.56. The summed E-state index contributed by atoms with van der Waals surface area (Å²) >= 11 is 5.59. The van der Waals surface area contributed by atoms with Crippen LogP contribution in [0.15, 0.2) is 16.5 Å². The number of rotatable bonds is 3. The van der Waals surface area contributed by atoms with Crippen molar-refractivity contribution >= 4 is 17.6 Å². The van der Waals surface area contributed by atoms with Crippen molar-refractivity contribution in [3.8, 4) is 0 Å². The summed E-state index contributed by atoms with van der Waals surface area (Å²) in [5, 5.41) is 8.93. The number of carboxylic acids is 1. The largest absolute Gasteiger partial charge is 0.481 e. The first-order valence-corrected chi connectivity index (χ1v) is 4.27. The van der Waals surface area contributed by atoms with E-state index in [2.05, 4.69) is 0 Å². The van der Waals surface area contributed by atoms with Crippen LogP contribution in [0.2, 0.25) is 5.22 Å². The summed E-state index contributed by atoms with van der Waals surface area (Å²) in [5.74, 6) is -0.252. The first-order valence-electron chi connectivity index (χ1n) is 3.89. The molecular formula is C9H11ClO3. The third-order valence-electron chi connectivity index (χ3n) is 1.83. The minimum absolute atomic E-state index is 0.0246. The zero-order valence-corrected chi connectivity index (χ0v) is 8.26. The Balaban J connectivity index is 2.86. The van der Waals surface area contributed by atoms with E-state index >= 15 is 0 Å². The molecule has 0 unspecified atom stereocenters. The number of aliphatic carboxylic acids is 1. The van der Waals surface area contributed by atoms with Crippen LogP contribution in [0.1, 0.15) is 26.0 Å². The highest BCUT2D eigenvalue weighted by Gasteiger charge is 2.27. The van der Waals surface area contributed by atoms with E-state index in [1.165, 1.54) is 0 Å². The molecule has 0 aliphatic carbocycles. The Morgan fingerprint density at radius 1 is 1.62 bits per heavy atom. The highest BCUT2D eigenvalue weighted by molar-refractivity contribution is 6.28. The predicted octanol–water partition coefficient (Wildman–Crippen LogP) is 2.69. The maximum absolute atomic E-state index is 10.5. The van der Waals surface area contributed by atoms with Crippen LogP contribution in [0.4, 0.5) is 0 Å². The van der Waals surface area contributed by atoms with Gasteiger partial charge in [0.05, 0.1) is 6.42 Å². The van der Waals surface area contributed by atoms with E-state index < -0.39 is 11.4 Å². The second-order valence-corrected chi connectivity index (χ2v) is 3.93. The average molecular weight is 203 g/mol. The molecule has 0 aliphatic heterocycles. The first-order chi connectivity index (χ1) is 5.92. The molecule has 1 aromatic rings. The van der Waals surface area contributed by atoms with Crippen molar-refractivity contribution in [3.05, 3.63) is 23.1 Å². The average Bonchev–Trinajstić information content (AvgIpc) is 2.32. The summed E-state index contributed by atoms with van der Waals surface area (Å²) in [6.45, 7) is 3.60. The number of carboxylic acid groups (broad SMARTS) is 1. The van der Waals surface area contributed by atoms with Crippen molar-refractivity contribution in [1.82, 2.24) is 0 Å². The van der Waals surface area contributed by atoms with Gasteiger partial charge in [0.1, 0.15) is 5.76 Å². The minimum atomic E-state index is -0.850. The van der Waals surface area contributed by atoms with Gasteiger partial charge in [0, 0.05) is 5.41 Å². The molecule has 3 nitrogen and oxygen atoms in total. The molecule has 0 amide bonds. The minimum Gasteiger partial charge on any atom is -0.481 e. The monoisotopic (exact) mass is 202 g/mol. The van der Waals surface area contributed by atoms with E-state index in [4.69, 9.17) is 21.1 Å². The van der Waals surface area contributed by atoms with Crippen LogP contribution in [-0.2, 0) is 10.2 Å². The van der Waals surface area contributed by atoms with Crippen LogP contribution in [-0.4, -0.2) is 11.1 Å². The van der Waals surface area contributed by atoms with Gasteiger partial charge in [-0.05, 0) is 23.7 Å². The Labute approximate surface area is 81.3 Å². The van der Waals surface area contributed by atoms with Crippen LogP contribution in [0, 0.1) is 0 Å². The molecule has 0 saturated carbocycles. The molecule has 13 heavy (non-hydrogen) atoms. The van der Waals surface area contributed by atoms with Crippen LogP contribution < -0.4 is 0 Å². The summed E-state index contributed by atoms with van der Waals surface area (Å²) < 4.78 is 5.15. The lowest BCUT2D eigenvalue weighted by molar-refractivity contribution is -0.138. The van der Waals surface area contributed by atoms with Crippen molar-refractivity contribution in [1.29, 1.82) is 0 Å². The third kappa shape index (κ3) is 2.49. The molecule has 1 heterocycles. The molecule has 1 rings (SSSR count). The molecule has 0 aromatic carbocycles. The summed E-state index contributed by atoms with van der Waals surface area (Å²) in [6.07, 6.45) is 0.0246. The second kappa shape index (κ2) is 3.42. The number of carbonyl (C=O) groups is 1. The first kappa shape index (κ1) is 10.1. The number of furan rings is 1. The van der Waals surface area contributed by atoms with Gasteiger partial charge in [0.15, 0.2) is 5.22 Å². The Morgan fingerprint density at radius 3 is 2.62 bits per heavy atom. The molecule has 4 heteroatoms. The molecule has 0 fully saturated rings. The standard InChI is InChI=1S/C9H11ClO3/c1-9(2,5-8(11)12)6-3-4-7(10)13-6/h3-4H,5H2,1-2H3,(H,11,12). The lowest BCUT2D eigenvalue weighted by Crippen LogP contribution is -2.20. The van der Waals surface area contributed by atoms with Crippen LogP contribution in [0.25, 0.3) is 0 Å². The Hall–Kier alpha value is -0.960. The fourth-order valence-electron chi connectivity index (χ4n) is 1.14. The van der Waals surface area contributed by atoms with Gasteiger partial charge < -0.3 is 9.52 Å². The van der Waals surface area contributed by atoms with Crippen molar-refractivity contribution in [2.24, 2.45) is 0 Å². The fraction of sp³-hybridized carbons (Fsp3) is 0.444. The maximum atomic E-state index is 10.5. The van der Waals surface area contributed by atoms with Gasteiger partial charge in [-0.1, -0.05) is 13.8 Å². The van der Waals surface area contributed by atoms with Gasteiger partial charge in [-0.15, -0.1) is 0 Å². The topological polar surface area (TPSA) is 50.4 Å². The quantitative estimate of drug-likeness (QED) is 0.820. The highest BCUT2D eigenvalue weighted by atomic mass is 35.5. The molecule has 1 N–H and O–H groups in total. The van der Waals surface area contributed by atoms with E-state index in [0.717, 1.165) is 0 Å². The maximum Gasteiger partial charge on any atom is 0.304 e. The van der Waals surface area contributed by atoms with Crippen molar-refractivity contribution in [2.75, 3.05) is 0 Å². The van der Waals surface area contributed by atoms with E-state index in [0.29, 0.717) is 5.76 Å². The zero-order chi connectivity index (χ0) is 10.1. The summed E-state index contributed by atoms with van der Waals surface area (Å²) in [7, 11) is 0. The SMILES string of the molecule is CC(C)(CC(=O)O)c1ccc(Cl)o1. The molecule has 0 atom stereocenters. The van der Waals surface area contributed by atoms with Crippen LogP contribution in [0.5, 0.6) is 0 Å². The summed E-state index contributed by atoms with van der Waals surface area (Å²) in [4.78, 5) is 10.5. The van der Waals surface area contributed by atoms with Crippen molar-refractivity contribution < 1.29 is 14.3 Å². The highest BCUT2D eigenvalue weighted by Crippen LogP contribution is 2.29. The van der Waals surface area contributed by atoms with Gasteiger partial charge in [-0.25, -0.2) is 0 Å². The van der Waals surface area contributed by atoms with Crippen LogP contribution in [0.3, 0.4) is 0 Å². The Morgan fingerprint density at radius 2 is 2.23 bits per heavy atom. The predicted molar refractivity (Wildman–Crippen MR) is 49.0 cm³/mol. The van der Waals surface area contributed by atoms with Gasteiger partial charge >= 0.3 is 5.97 Å². The normalized spacial score (nSPS) is 11.6. The molecule has 0 saturated heterocycles. The van der Waals surface area contributed by atoms with Gasteiger partial charge in [0.2, 0.25) is 0 Å². The Kier molecular flexibility index (Phi) is 2.66. The van der Waals surface area contributed by atoms with E-state index in [9.17, 15) is 4.79 Å².